The Bertz CT molecular complexity index is 819. The molecule has 0 saturated carbocycles. The maximum atomic E-state index is 12.4. The summed E-state index contributed by atoms with van der Waals surface area (Å²) in [6.07, 6.45) is 9.15. The third-order valence-electron chi connectivity index (χ3n) is 4.26. The number of amidine groups is 1. The molecule has 2 aliphatic rings. The number of allylic oxidation sites excluding steroid dienone is 3. The molecule has 4 amide bonds. The van der Waals surface area contributed by atoms with Gasteiger partial charge in [-0.1, -0.05) is 49.3 Å². The third-order valence-corrected chi connectivity index (χ3v) is 4.26. The Labute approximate surface area is 153 Å². The maximum absolute atomic E-state index is 12.4. The molecule has 6 heteroatoms. The fourth-order valence-electron chi connectivity index (χ4n) is 2.84. The van der Waals surface area contributed by atoms with Gasteiger partial charge in [-0.05, 0) is 31.6 Å². The van der Waals surface area contributed by atoms with Crippen molar-refractivity contribution < 1.29 is 9.59 Å². The zero-order chi connectivity index (χ0) is 18.5. The molecule has 1 N–H and O–H groups in total. The predicted molar refractivity (Wildman–Crippen MR) is 104 cm³/mol. The number of rotatable bonds is 4. The summed E-state index contributed by atoms with van der Waals surface area (Å²) in [5, 5.41) is 2.76. The Kier molecular flexibility index (Phi) is 5.41. The van der Waals surface area contributed by atoms with Crippen molar-refractivity contribution in [1.29, 1.82) is 0 Å². The molecule has 26 heavy (non-hydrogen) atoms. The zero-order valence-corrected chi connectivity index (χ0v) is 15.0. The normalized spacial score (nSPS) is 20.2. The van der Waals surface area contributed by atoms with Crippen LogP contribution in [0.3, 0.4) is 0 Å². The molecule has 0 radical (unpaired) electrons. The highest BCUT2D eigenvalue weighted by Gasteiger charge is 2.34. The maximum Gasteiger partial charge on any atom is 0.349 e. The molecule has 1 aliphatic carbocycles. The van der Waals surface area contributed by atoms with Gasteiger partial charge in [0.2, 0.25) is 0 Å². The summed E-state index contributed by atoms with van der Waals surface area (Å²) in [7, 11) is 0. The van der Waals surface area contributed by atoms with Crippen molar-refractivity contribution in [3.8, 4) is 0 Å². The molecule has 6 nitrogen and oxygen atoms in total. The number of carbonyl (C=O) groups excluding carboxylic acids is 2. The SMILES string of the molecule is CCCCN1C(=O)N=C2C=CC=CC2/C1=N/C(=O)Nc1ccc(C)cc1. The predicted octanol–water partition coefficient (Wildman–Crippen LogP) is 4.34. The molecule has 1 unspecified atom stereocenters. The largest absolute Gasteiger partial charge is 0.349 e. The molecule has 1 heterocycles. The fraction of sp³-hybridized carbons (Fsp3) is 0.300. The first kappa shape index (κ1) is 17.8. The van der Waals surface area contributed by atoms with Gasteiger partial charge >= 0.3 is 12.1 Å². The fourth-order valence-corrected chi connectivity index (χ4v) is 2.84. The van der Waals surface area contributed by atoms with Gasteiger partial charge < -0.3 is 5.32 Å². The van der Waals surface area contributed by atoms with E-state index in [0.29, 0.717) is 23.8 Å². The van der Waals surface area contributed by atoms with Gasteiger partial charge in [0.25, 0.3) is 0 Å². The molecule has 1 aromatic carbocycles. The van der Waals surface area contributed by atoms with Crippen LogP contribution in [0.5, 0.6) is 0 Å². The minimum Gasteiger partial charge on any atom is -0.306 e. The minimum atomic E-state index is -0.498. The summed E-state index contributed by atoms with van der Waals surface area (Å²) in [5.74, 6) is 0.150. The highest BCUT2D eigenvalue weighted by atomic mass is 16.2. The smallest absolute Gasteiger partial charge is 0.306 e. The number of nitrogens with zero attached hydrogens (tertiary/aromatic N) is 3. The second-order valence-corrected chi connectivity index (χ2v) is 6.31. The standard InChI is InChI=1S/C20H22N4O2/c1-3-4-13-24-18(16-7-5-6-8-17(16)22-20(24)26)23-19(25)21-15-11-9-14(2)10-12-15/h5-12,16H,3-4,13H2,1-2H3,(H,21,25)/b23-18-. The molecule has 134 valence electrons. The Balaban J connectivity index is 1.87. The van der Waals surface area contributed by atoms with Gasteiger partial charge in [-0.3, -0.25) is 4.90 Å². The number of benzene rings is 1. The first-order chi connectivity index (χ1) is 12.6. The van der Waals surface area contributed by atoms with Crippen LogP contribution in [0.2, 0.25) is 0 Å². The summed E-state index contributed by atoms with van der Waals surface area (Å²) >= 11 is 0. The van der Waals surface area contributed by atoms with Gasteiger partial charge in [0.05, 0.1) is 11.6 Å². The number of carbonyl (C=O) groups is 2. The van der Waals surface area contributed by atoms with Gasteiger partial charge in [-0.15, -0.1) is 0 Å². The highest BCUT2D eigenvalue weighted by Crippen LogP contribution is 2.22. The molecule has 0 spiro atoms. The van der Waals surface area contributed by atoms with E-state index in [9.17, 15) is 9.59 Å². The number of urea groups is 2. The van der Waals surface area contributed by atoms with Crippen LogP contribution in [0, 0.1) is 12.8 Å². The number of anilines is 1. The zero-order valence-electron chi connectivity index (χ0n) is 15.0. The highest BCUT2D eigenvalue weighted by molar-refractivity contribution is 6.24. The van der Waals surface area contributed by atoms with Crippen molar-refractivity contribution in [2.24, 2.45) is 15.9 Å². The van der Waals surface area contributed by atoms with Crippen molar-refractivity contribution in [1.82, 2.24) is 4.90 Å². The van der Waals surface area contributed by atoms with Gasteiger partial charge in [0.1, 0.15) is 5.84 Å². The van der Waals surface area contributed by atoms with Crippen LogP contribution in [0.4, 0.5) is 15.3 Å². The lowest BCUT2D eigenvalue weighted by molar-refractivity contribution is 0.227. The molecule has 3 rings (SSSR count). The summed E-state index contributed by atoms with van der Waals surface area (Å²) in [6.45, 7) is 4.53. The number of aryl methyl sites for hydroxylation is 1. The van der Waals surface area contributed by atoms with Crippen molar-refractivity contribution >= 4 is 29.3 Å². The Morgan fingerprint density at radius 1 is 1.27 bits per heavy atom. The van der Waals surface area contributed by atoms with Crippen molar-refractivity contribution in [3.05, 3.63) is 54.1 Å². The van der Waals surface area contributed by atoms with E-state index in [0.717, 1.165) is 18.4 Å². The molecule has 0 aromatic heterocycles. The summed E-state index contributed by atoms with van der Waals surface area (Å²) in [5.41, 5.74) is 2.39. The lowest BCUT2D eigenvalue weighted by Crippen LogP contribution is -2.47. The van der Waals surface area contributed by atoms with E-state index in [-0.39, 0.29) is 11.9 Å². The van der Waals surface area contributed by atoms with Gasteiger partial charge in [0, 0.05) is 12.2 Å². The number of unbranched alkanes of at least 4 members (excludes halogenated alkanes) is 1. The number of fused-ring (bicyclic) bond motifs is 1. The van der Waals surface area contributed by atoms with Crippen molar-refractivity contribution in [2.75, 3.05) is 11.9 Å². The Morgan fingerprint density at radius 3 is 2.77 bits per heavy atom. The molecule has 1 aliphatic heterocycles. The lowest BCUT2D eigenvalue weighted by Gasteiger charge is -2.31. The van der Waals surface area contributed by atoms with E-state index in [1.54, 1.807) is 6.08 Å². The molecule has 0 bridgehead atoms. The first-order valence-corrected chi connectivity index (χ1v) is 8.79. The number of nitrogens with one attached hydrogen (secondary N) is 1. The average molecular weight is 350 g/mol. The van der Waals surface area contributed by atoms with Crippen LogP contribution in [0.1, 0.15) is 25.3 Å². The van der Waals surface area contributed by atoms with Crippen LogP contribution in [0.25, 0.3) is 0 Å². The number of hydrogen-bond donors (Lipinski definition) is 1. The van der Waals surface area contributed by atoms with Crippen LogP contribution >= 0.6 is 0 Å². The van der Waals surface area contributed by atoms with E-state index in [1.165, 1.54) is 4.90 Å². The minimum absolute atomic E-state index is 0.279. The van der Waals surface area contributed by atoms with Crippen LogP contribution in [-0.2, 0) is 0 Å². The Hall–Kier alpha value is -3.02. The van der Waals surface area contributed by atoms with Gasteiger partial charge in [0.15, 0.2) is 0 Å². The van der Waals surface area contributed by atoms with Gasteiger partial charge in [-0.2, -0.15) is 9.98 Å². The van der Waals surface area contributed by atoms with Crippen LogP contribution in [0.15, 0.2) is 58.6 Å². The molecule has 1 atom stereocenters. The molecule has 0 fully saturated rings. The average Bonchev–Trinajstić information content (AvgIpc) is 2.63. The number of aliphatic imine (C=N–C) groups is 2. The van der Waals surface area contributed by atoms with Crippen LogP contribution in [-0.4, -0.2) is 35.1 Å². The summed E-state index contributed by atoms with van der Waals surface area (Å²) < 4.78 is 0. The van der Waals surface area contributed by atoms with Crippen molar-refractivity contribution in [3.63, 3.8) is 0 Å². The van der Waals surface area contributed by atoms with Gasteiger partial charge in [-0.25, -0.2) is 9.59 Å². The van der Waals surface area contributed by atoms with Crippen molar-refractivity contribution in [2.45, 2.75) is 26.7 Å². The number of amides is 4. The lowest BCUT2D eigenvalue weighted by atomic mass is 9.94. The summed E-state index contributed by atoms with van der Waals surface area (Å²) in [6, 6.07) is 6.61. The van der Waals surface area contributed by atoms with E-state index >= 15 is 0 Å². The van der Waals surface area contributed by atoms with E-state index in [4.69, 9.17) is 0 Å². The quantitative estimate of drug-likeness (QED) is 0.877. The van der Waals surface area contributed by atoms with E-state index in [1.807, 2.05) is 56.3 Å². The monoisotopic (exact) mass is 350 g/mol. The molecular formula is C20H22N4O2. The first-order valence-electron chi connectivity index (χ1n) is 8.79. The summed E-state index contributed by atoms with van der Waals surface area (Å²) in [4.78, 5) is 34.7. The third kappa shape index (κ3) is 3.96. The molecule has 0 saturated heterocycles. The van der Waals surface area contributed by atoms with Crippen LogP contribution < -0.4 is 5.32 Å². The van der Waals surface area contributed by atoms with E-state index in [2.05, 4.69) is 15.3 Å². The second-order valence-electron chi connectivity index (χ2n) is 6.31. The molecular weight excluding hydrogens is 328 g/mol. The number of hydrogen-bond acceptors (Lipinski definition) is 2. The Morgan fingerprint density at radius 2 is 2.04 bits per heavy atom. The molecule has 1 aromatic rings. The topological polar surface area (TPSA) is 74.1 Å². The second kappa shape index (κ2) is 7.91. The van der Waals surface area contributed by atoms with E-state index < -0.39 is 6.03 Å².